The largest absolute Gasteiger partial charge is 0.383 e. The molecule has 7 heteroatoms. The normalized spacial score (nSPS) is 10.9. The van der Waals surface area contributed by atoms with E-state index in [-0.39, 0.29) is 0 Å². The maximum atomic E-state index is 5.13. The van der Waals surface area contributed by atoms with Gasteiger partial charge >= 0.3 is 0 Å². The third-order valence-electron chi connectivity index (χ3n) is 2.24. The molecule has 16 heavy (non-hydrogen) atoms. The molecule has 2 heterocycles. The number of ether oxygens (including phenoxy) is 1. The number of nitrogens with zero attached hydrogens (tertiary/aromatic N) is 4. The van der Waals surface area contributed by atoms with E-state index in [1.54, 1.807) is 13.3 Å². The summed E-state index contributed by atoms with van der Waals surface area (Å²) in [5, 5.41) is 11.0. The maximum absolute atomic E-state index is 5.13. The maximum Gasteiger partial charge on any atom is 0.199 e. The van der Waals surface area contributed by atoms with Crippen molar-refractivity contribution in [2.45, 2.75) is 13.5 Å². The van der Waals surface area contributed by atoms with Crippen LogP contribution in [0.25, 0.3) is 5.69 Å². The van der Waals surface area contributed by atoms with Gasteiger partial charge in [0, 0.05) is 13.3 Å². The highest BCUT2D eigenvalue weighted by Gasteiger charge is 2.06. The van der Waals surface area contributed by atoms with Crippen LogP contribution in [0.2, 0.25) is 0 Å². The monoisotopic (exact) mass is 239 g/mol. The number of methoxy groups -OCH3 is 1. The number of nitrogens with one attached hydrogen (secondary N) is 1. The van der Waals surface area contributed by atoms with Gasteiger partial charge in [0.25, 0.3) is 0 Å². The SMILES string of the molecule is COCCn1cc(-n2c(C)n[nH]c2=S)cn1. The van der Waals surface area contributed by atoms with E-state index >= 15 is 0 Å². The Morgan fingerprint density at radius 3 is 3.00 bits per heavy atom. The van der Waals surface area contributed by atoms with E-state index in [0.717, 1.165) is 18.1 Å². The highest BCUT2D eigenvalue weighted by molar-refractivity contribution is 7.71. The predicted octanol–water partition coefficient (Wildman–Crippen LogP) is 1.08. The van der Waals surface area contributed by atoms with Crippen LogP contribution in [0.4, 0.5) is 0 Å². The van der Waals surface area contributed by atoms with Crippen LogP contribution in [0.15, 0.2) is 12.4 Å². The summed E-state index contributed by atoms with van der Waals surface area (Å²) in [4.78, 5) is 0. The highest BCUT2D eigenvalue weighted by atomic mass is 32.1. The van der Waals surface area contributed by atoms with Crippen LogP contribution in [0.1, 0.15) is 5.82 Å². The van der Waals surface area contributed by atoms with Crippen molar-refractivity contribution in [2.24, 2.45) is 0 Å². The Morgan fingerprint density at radius 1 is 1.56 bits per heavy atom. The molecular weight excluding hydrogens is 226 g/mol. The van der Waals surface area contributed by atoms with Crippen LogP contribution in [-0.4, -0.2) is 38.3 Å². The number of aromatic amines is 1. The molecule has 2 aromatic heterocycles. The molecule has 0 aliphatic carbocycles. The van der Waals surface area contributed by atoms with E-state index in [2.05, 4.69) is 15.3 Å². The zero-order chi connectivity index (χ0) is 11.5. The number of aryl methyl sites for hydroxylation is 1. The minimum atomic E-state index is 0.573. The minimum Gasteiger partial charge on any atom is -0.383 e. The lowest BCUT2D eigenvalue weighted by Crippen LogP contribution is -2.04. The van der Waals surface area contributed by atoms with Gasteiger partial charge in [-0.05, 0) is 19.1 Å². The van der Waals surface area contributed by atoms with Crippen molar-refractivity contribution in [1.29, 1.82) is 0 Å². The summed E-state index contributed by atoms with van der Waals surface area (Å²) in [5.74, 6) is 0.816. The Hall–Kier alpha value is -1.47. The van der Waals surface area contributed by atoms with E-state index in [9.17, 15) is 0 Å². The van der Waals surface area contributed by atoms with Crippen molar-refractivity contribution in [3.05, 3.63) is 23.0 Å². The number of H-pyrrole nitrogens is 1. The van der Waals surface area contributed by atoms with Gasteiger partial charge in [0.2, 0.25) is 0 Å². The van der Waals surface area contributed by atoms with Gasteiger partial charge in [-0.2, -0.15) is 10.2 Å². The molecule has 86 valence electrons. The van der Waals surface area contributed by atoms with Gasteiger partial charge < -0.3 is 4.74 Å². The van der Waals surface area contributed by atoms with Crippen molar-refractivity contribution in [2.75, 3.05) is 13.7 Å². The van der Waals surface area contributed by atoms with Crippen LogP contribution in [0.3, 0.4) is 0 Å². The van der Waals surface area contributed by atoms with E-state index in [1.165, 1.54) is 0 Å². The lowest BCUT2D eigenvalue weighted by atomic mass is 10.5. The van der Waals surface area contributed by atoms with E-state index in [4.69, 9.17) is 17.0 Å². The van der Waals surface area contributed by atoms with Gasteiger partial charge in [0.1, 0.15) is 5.82 Å². The molecule has 0 amide bonds. The third-order valence-corrected chi connectivity index (χ3v) is 2.52. The molecule has 2 aromatic rings. The Kier molecular flexibility index (Phi) is 3.16. The van der Waals surface area contributed by atoms with E-state index in [1.807, 2.05) is 22.4 Å². The number of hydrogen-bond acceptors (Lipinski definition) is 4. The highest BCUT2D eigenvalue weighted by Crippen LogP contribution is 2.08. The summed E-state index contributed by atoms with van der Waals surface area (Å²) in [6.45, 7) is 3.25. The molecule has 0 radical (unpaired) electrons. The number of hydrogen-bond donors (Lipinski definition) is 1. The first-order chi connectivity index (χ1) is 7.72. The molecule has 1 N–H and O–H groups in total. The van der Waals surface area contributed by atoms with Gasteiger partial charge in [-0.3, -0.25) is 14.3 Å². The third kappa shape index (κ3) is 2.05. The number of rotatable bonds is 4. The molecular formula is C9H13N5OS. The zero-order valence-electron chi connectivity index (χ0n) is 9.17. The fourth-order valence-corrected chi connectivity index (χ4v) is 1.74. The molecule has 0 saturated carbocycles. The predicted molar refractivity (Wildman–Crippen MR) is 61.1 cm³/mol. The Balaban J connectivity index is 2.28. The molecule has 0 aromatic carbocycles. The van der Waals surface area contributed by atoms with Gasteiger partial charge in [0.15, 0.2) is 4.77 Å². The van der Waals surface area contributed by atoms with Crippen LogP contribution in [0, 0.1) is 11.7 Å². The molecule has 0 aliphatic heterocycles. The summed E-state index contributed by atoms with van der Waals surface area (Å²) < 4.78 is 9.21. The first-order valence-corrected chi connectivity index (χ1v) is 5.29. The average molecular weight is 239 g/mol. The first-order valence-electron chi connectivity index (χ1n) is 4.88. The van der Waals surface area contributed by atoms with Crippen molar-refractivity contribution in [3.63, 3.8) is 0 Å². The molecule has 0 saturated heterocycles. The smallest absolute Gasteiger partial charge is 0.199 e. The van der Waals surface area contributed by atoms with Crippen LogP contribution >= 0.6 is 12.2 Å². The molecule has 0 atom stereocenters. The summed E-state index contributed by atoms with van der Waals surface area (Å²) in [6.07, 6.45) is 3.67. The van der Waals surface area contributed by atoms with E-state index < -0.39 is 0 Å². The lowest BCUT2D eigenvalue weighted by molar-refractivity contribution is 0.183. The second-order valence-corrected chi connectivity index (χ2v) is 3.75. The Bertz CT molecular complexity index is 526. The molecule has 0 fully saturated rings. The zero-order valence-corrected chi connectivity index (χ0v) is 9.99. The summed E-state index contributed by atoms with van der Waals surface area (Å²) in [6, 6.07) is 0. The molecule has 0 aliphatic rings. The summed E-state index contributed by atoms with van der Waals surface area (Å²) in [7, 11) is 1.67. The van der Waals surface area contributed by atoms with Crippen molar-refractivity contribution < 1.29 is 4.74 Å². The fraction of sp³-hybridized carbons (Fsp3) is 0.444. The van der Waals surface area contributed by atoms with Crippen molar-refractivity contribution >= 4 is 12.2 Å². The second-order valence-electron chi connectivity index (χ2n) is 3.37. The molecule has 0 unspecified atom stereocenters. The molecule has 0 spiro atoms. The topological polar surface area (TPSA) is 60.7 Å². The van der Waals surface area contributed by atoms with Gasteiger partial charge in [-0.25, -0.2) is 0 Å². The van der Waals surface area contributed by atoms with Crippen molar-refractivity contribution in [1.82, 2.24) is 24.5 Å². The minimum absolute atomic E-state index is 0.573. The lowest BCUT2D eigenvalue weighted by Gasteiger charge is -1.99. The quantitative estimate of drug-likeness (QED) is 0.811. The Labute approximate surface area is 97.9 Å². The van der Waals surface area contributed by atoms with Crippen LogP contribution in [0.5, 0.6) is 0 Å². The van der Waals surface area contributed by atoms with Crippen LogP contribution < -0.4 is 0 Å². The van der Waals surface area contributed by atoms with E-state index in [0.29, 0.717) is 11.4 Å². The second kappa shape index (κ2) is 4.58. The summed E-state index contributed by atoms with van der Waals surface area (Å²) >= 11 is 5.13. The molecule has 0 bridgehead atoms. The van der Waals surface area contributed by atoms with Gasteiger partial charge in [-0.1, -0.05) is 0 Å². The van der Waals surface area contributed by atoms with Gasteiger partial charge in [-0.15, -0.1) is 0 Å². The Morgan fingerprint density at radius 2 is 2.38 bits per heavy atom. The summed E-state index contributed by atoms with van der Waals surface area (Å²) in [5.41, 5.74) is 0.910. The molecule has 6 nitrogen and oxygen atoms in total. The molecule has 2 rings (SSSR count). The fourth-order valence-electron chi connectivity index (χ4n) is 1.46. The standard InChI is InChI=1S/C9H13N5OS/c1-7-11-12-9(16)14(7)8-5-10-13(6-8)3-4-15-2/h5-6H,3-4H2,1-2H3,(H,12,16). The van der Waals surface area contributed by atoms with Crippen molar-refractivity contribution in [3.8, 4) is 5.69 Å². The number of aromatic nitrogens is 5. The first kappa shape index (κ1) is 11.0. The average Bonchev–Trinajstić information content (AvgIpc) is 2.83. The van der Waals surface area contributed by atoms with Crippen LogP contribution in [-0.2, 0) is 11.3 Å². The van der Waals surface area contributed by atoms with Gasteiger partial charge in [0.05, 0.1) is 25.0 Å².